The lowest BCUT2D eigenvalue weighted by Crippen LogP contribution is -2.37. The Morgan fingerprint density at radius 3 is 2.94 bits per heavy atom. The number of terminal acetylenes is 1. The maximum Gasteiger partial charge on any atom is 0.248 e. The summed E-state index contributed by atoms with van der Waals surface area (Å²) in [6.45, 7) is 4.81. The average molecular weight is 220 g/mol. The molecule has 5 nitrogen and oxygen atoms in total. The Labute approximate surface area is 95.5 Å². The van der Waals surface area contributed by atoms with Crippen molar-refractivity contribution in [3.8, 4) is 12.3 Å². The Balaban J connectivity index is 2.71. The average Bonchev–Trinajstić information content (AvgIpc) is 2.80. The van der Waals surface area contributed by atoms with Crippen molar-refractivity contribution in [2.75, 3.05) is 13.1 Å². The number of amides is 1. The molecule has 1 aromatic rings. The number of carbonyl (C=O) groups is 1. The predicted octanol–water partition coefficient (Wildman–Crippen LogP) is 0.711. The van der Waals surface area contributed by atoms with E-state index >= 15 is 0 Å². The summed E-state index contributed by atoms with van der Waals surface area (Å²) in [5.74, 6) is 2.47. The molecule has 1 heterocycles. The fraction of sp³-hybridized carbons (Fsp3) is 0.545. The molecule has 0 aromatic carbocycles. The maximum atomic E-state index is 12.1. The van der Waals surface area contributed by atoms with E-state index in [0.717, 1.165) is 6.42 Å². The van der Waals surface area contributed by atoms with Crippen molar-refractivity contribution in [1.82, 2.24) is 19.7 Å². The fourth-order valence-corrected chi connectivity index (χ4v) is 1.44. The van der Waals surface area contributed by atoms with Crippen LogP contribution in [0.5, 0.6) is 0 Å². The number of hydrogen-bond acceptors (Lipinski definition) is 3. The van der Waals surface area contributed by atoms with E-state index in [0.29, 0.717) is 13.1 Å². The summed E-state index contributed by atoms with van der Waals surface area (Å²) in [5.41, 5.74) is 0. The van der Waals surface area contributed by atoms with Gasteiger partial charge in [0, 0.05) is 6.54 Å². The Morgan fingerprint density at radius 1 is 1.69 bits per heavy atom. The van der Waals surface area contributed by atoms with Gasteiger partial charge in [-0.2, -0.15) is 5.10 Å². The van der Waals surface area contributed by atoms with Crippen LogP contribution in [0, 0.1) is 12.3 Å². The number of hydrogen-bond donors (Lipinski definition) is 0. The standard InChI is InChI=1S/C11H16N4O/c1-4-6-14(7-5-2)11(16)10(3)15-9-12-8-13-15/h1,8-10H,5-7H2,2-3H3. The van der Waals surface area contributed by atoms with Crippen LogP contribution < -0.4 is 0 Å². The van der Waals surface area contributed by atoms with Crippen molar-refractivity contribution >= 4 is 5.91 Å². The molecule has 5 heteroatoms. The third-order valence-corrected chi connectivity index (χ3v) is 2.28. The first-order chi connectivity index (χ1) is 7.70. The van der Waals surface area contributed by atoms with Crippen LogP contribution in [0.2, 0.25) is 0 Å². The quantitative estimate of drug-likeness (QED) is 0.687. The molecule has 0 fully saturated rings. The monoisotopic (exact) mass is 220 g/mol. The van der Waals surface area contributed by atoms with Crippen LogP contribution in [0.25, 0.3) is 0 Å². The summed E-state index contributed by atoms with van der Waals surface area (Å²) in [5, 5.41) is 3.95. The second-order valence-electron chi connectivity index (χ2n) is 3.52. The number of nitrogens with zero attached hydrogens (tertiary/aromatic N) is 4. The van der Waals surface area contributed by atoms with E-state index in [4.69, 9.17) is 6.42 Å². The number of carbonyl (C=O) groups excluding carboxylic acids is 1. The van der Waals surface area contributed by atoms with Gasteiger partial charge in [-0.3, -0.25) is 4.79 Å². The van der Waals surface area contributed by atoms with Gasteiger partial charge in [0.1, 0.15) is 18.7 Å². The van der Waals surface area contributed by atoms with Gasteiger partial charge in [0.15, 0.2) is 0 Å². The molecule has 1 unspecified atom stereocenters. The molecule has 0 aliphatic rings. The zero-order valence-corrected chi connectivity index (χ0v) is 9.63. The summed E-state index contributed by atoms with van der Waals surface area (Å²) in [6.07, 6.45) is 9.07. The third kappa shape index (κ3) is 2.83. The van der Waals surface area contributed by atoms with Gasteiger partial charge in [-0.15, -0.1) is 6.42 Å². The first-order valence-corrected chi connectivity index (χ1v) is 5.27. The highest BCUT2D eigenvalue weighted by Crippen LogP contribution is 2.08. The third-order valence-electron chi connectivity index (χ3n) is 2.28. The van der Waals surface area contributed by atoms with Gasteiger partial charge >= 0.3 is 0 Å². The minimum atomic E-state index is -0.359. The molecule has 0 spiro atoms. The van der Waals surface area contributed by atoms with E-state index in [1.165, 1.54) is 17.3 Å². The molecule has 0 saturated heterocycles. The van der Waals surface area contributed by atoms with Crippen LogP contribution in [0.3, 0.4) is 0 Å². The van der Waals surface area contributed by atoms with Crippen LogP contribution in [0.1, 0.15) is 26.3 Å². The lowest BCUT2D eigenvalue weighted by atomic mass is 10.2. The molecule has 0 aliphatic carbocycles. The summed E-state index contributed by atoms with van der Waals surface area (Å²) in [6, 6.07) is -0.359. The molecule has 0 saturated carbocycles. The molecular weight excluding hydrogens is 204 g/mol. The fourth-order valence-electron chi connectivity index (χ4n) is 1.44. The normalized spacial score (nSPS) is 11.8. The van der Waals surface area contributed by atoms with Crippen LogP contribution in [-0.4, -0.2) is 38.7 Å². The van der Waals surface area contributed by atoms with E-state index in [1.807, 2.05) is 6.92 Å². The minimum Gasteiger partial charge on any atom is -0.330 e. The van der Waals surface area contributed by atoms with Crippen LogP contribution in [0.15, 0.2) is 12.7 Å². The minimum absolute atomic E-state index is 0.0229. The second kappa shape index (κ2) is 5.91. The highest BCUT2D eigenvalue weighted by molar-refractivity contribution is 5.80. The van der Waals surface area contributed by atoms with E-state index in [-0.39, 0.29) is 11.9 Å². The summed E-state index contributed by atoms with van der Waals surface area (Å²) >= 11 is 0. The largest absolute Gasteiger partial charge is 0.330 e. The predicted molar refractivity (Wildman–Crippen MR) is 60.4 cm³/mol. The van der Waals surface area contributed by atoms with Crippen LogP contribution >= 0.6 is 0 Å². The Hall–Kier alpha value is -1.83. The van der Waals surface area contributed by atoms with Gasteiger partial charge < -0.3 is 4.90 Å². The van der Waals surface area contributed by atoms with Crippen molar-refractivity contribution < 1.29 is 4.79 Å². The molecule has 1 rings (SSSR count). The van der Waals surface area contributed by atoms with E-state index in [1.54, 1.807) is 11.8 Å². The Morgan fingerprint density at radius 2 is 2.44 bits per heavy atom. The molecule has 1 atom stereocenters. The van der Waals surface area contributed by atoms with Crippen molar-refractivity contribution in [2.24, 2.45) is 0 Å². The first-order valence-electron chi connectivity index (χ1n) is 5.27. The van der Waals surface area contributed by atoms with Crippen molar-refractivity contribution in [2.45, 2.75) is 26.3 Å². The lowest BCUT2D eigenvalue weighted by molar-refractivity contribution is -0.134. The second-order valence-corrected chi connectivity index (χ2v) is 3.52. The molecule has 0 N–H and O–H groups in total. The summed E-state index contributed by atoms with van der Waals surface area (Å²) in [4.78, 5) is 17.5. The molecule has 0 aliphatic heterocycles. The molecule has 0 radical (unpaired) electrons. The van der Waals surface area contributed by atoms with Crippen LogP contribution in [0.4, 0.5) is 0 Å². The van der Waals surface area contributed by atoms with Gasteiger partial charge in [0.05, 0.1) is 6.54 Å². The van der Waals surface area contributed by atoms with Gasteiger partial charge in [-0.25, -0.2) is 9.67 Å². The smallest absolute Gasteiger partial charge is 0.248 e. The van der Waals surface area contributed by atoms with Gasteiger partial charge in [-0.05, 0) is 13.3 Å². The molecule has 86 valence electrons. The van der Waals surface area contributed by atoms with E-state index in [2.05, 4.69) is 16.0 Å². The molecule has 1 amide bonds. The number of rotatable bonds is 5. The Bertz CT molecular complexity index is 366. The topological polar surface area (TPSA) is 51.0 Å². The van der Waals surface area contributed by atoms with Gasteiger partial charge in [0.2, 0.25) is 5.91 Å². The highest BCUT2D eigenvalue weighted by Gasteiger charge is 2.20. The number of aromatic nitrogens is 3. The molecular formula is C11H16N4O. The Kier molecular flexibility index (Phi) is 4.52. The molecule has 1 aromatic heterocycles. The van der Waals surface area contributed by atoms with Crippen molar-refractivity contribution in [3.05, 3.63) is 12.7 Å². The van der Waals surface area contributed by atoms with Crippen molar-refractivity contribution in [3.63, 3.8) is 0 Å². The first kappa shape index (κ1) is 12.2. The SMILES string of the molecule is C#CCN(CCC)C(=O)C(C)n1cncn1. The van der Waals surface area contributed by atoms with E-state index < -0.39 is 0 Å². The van der Waals surface area contributed by atoms with Crippen molar-refractivity contribution in [1.29, 1.82) is 0 Å². The van der Waals surface area contributed by atoms with E-state index in [9.17, 15) is 4.79 Å². The maximum absolute atomic E-state index is 12.1. The lowest BCUT2D eigenvalue weighted by Gasteiger charge is -2.23. The zero-order valence-electron chi connectivity index (χ0n) is 9.63. The molecule has 0 bridgehead atoms. The molecule has 16 heavy (non-hydrogen) atoms. The van der Waals surface area contributed by atoms with Crippen LogP contribution in [-0.2, 0) is 4.79 Å². The van der Waals surface area contributed by atoms with Gasteiger partial charge in [0.25, 0.3) is 0 Å². The summed E-state index contributed by atoms with van der Waals surface area (Å²) in [7, 11) is 0. The zero-order chi connectivity index (χ0) is 12.0. The highest BCUT2D eigenvalue weighted by atomic mass is 16.2. The van der Waals surface area contributed by atoms with Gasteiger partial charge in [-0.1, -0.05) is 12.8 Å². The summed E-state index contributed by atoms with van der Waals surface area (Å²) < 4.78 is 1.53.